The van der Waals surface area contributed by atoms with Gasteiger partial charge in [-0.15, -0.1) is 0 Å². The average molecular weight is 204 g/mol. The molecule has 1 amide bonds. The van der Waals surface area contributed by atoms with Gasteiger partial charge in [0.05, 0.1) is 5.92 Å². The van der Waals surface area contributed by atoms with Gasteiger partial charge >= 0.3 is 0 Å². The molecule has 2 rings (SSSR count). The van der Waals surface area contributed by atoms with E-state index in [2.05, 4.69) is 24.4 Å². The molecule has 2 atom stereocenters. The average Bonchev–Trinajstić information content (AvgIpc) is 2.67. The molecule has 0 spiro atoms. The number of primary amides is 1. The van der Waals surface area contributed by atoms with Gasteiger partial charge in [0.15, 0.2) is 0 Å². The maximum absolute atomic E-state index is 11.3. The minimum absolute atomic E-state index is 0.0638. The molecule has 3 nitrogen and oxygen atoms in total. The Morgan fingerprint density at radius 3 is 2.80 bits per heavy atom. The molecule has 0 radical (unpaired) electrons. The van der Waals surface area contributed by atoms with E-state index in [1.807, 2.05) is 12.1 Å². The molecule has 1 heterocycles. The van der Waals surface area contributed by atoms with E-state index in [0.29, 0.717) is 6.54 Å². The number of carbonyl (C=O) groups is 1. The van der Waals surface area contributed by atoms with Crippen molar-refractivity contribution in [2.75, 3.05) is 13.1 Å². The molecular formula is C12H16N2O. The Hall–Kier alpha value is -1.35. The van der Waals surface area contributed by atoms with Crippen molar-refractivity contribution in [2.45, 2.75) is 12.8 Å². The normalized spacial score (nSPS) is 25.4. The molecule has 2 unspecified atom stereocenters. The van der Waals surface area contributed by atoms with E-state index in [-0.39, 0.29) is 17.7 Å². The summed E-state index contributed by atoms with van der Waals surface area (Å²) in [4.78, 5) is 11.3. The highest BCUT2D eigenvalue weighted by Crippen LogP contribution is 2.29. The van der Waals surface area contributed by atoms with Gasteiger partial charge in [-0.25, -0.2) is 0 Å². The summed E-state index contributed by atoms with van der Waals surface area (Å²) in [7, 11) is 0. The van der Waals surface area contributed by atoms with Crippen LogP contribution in [0, 0.1) is 12.8 Å². The van der Waals surface area contributed by atoms with E-state index in [9.17, 15) is 4.79 Å². The first-order valence-corrected chi connectivity index (χ1v) is 5.25. The molecule has 1 aromatic rings. The zero-order valence-electron chi connectivity index (χ0n) is 8.86. The standard InChI is InChI=1S/C12H16N2O/c1-8-4-2-3-5-9(8)10-6-14-7-11(10)12(13)15/h2-5,10-11,14H,6-7H2,1H3,(H2,13,15). The zero-order valence-corrected chi connectivity index (χ0v) is 8.86. The Kier molecular flexibility index (Phi) is 2.73. The maximum atomic E-state index is 11.3. The Bertz CT molecular complexity index is 376. The number of aryl methyl sites for hydroxylation is 1. The molecule has 1 aliphatic rings. The summed E-state index contributed by atoms with van der Waals surface area (Å²) >= 11 is 0. The lowest BCUT2D eigenvalue weighted by atomic mass is 9.86. The third-order valence-electron chi connectivity index (χ3n) is 3.17. The Morgan fingerprint density at radius 1 is 1.40 bits per heavy atom. The smallest absolute Gasteiger partial charge is 0.222 e. The van der Waals surface area contributed by atoms with Crippen molar-refractivity contribution in [1.82, 2.24) is 5.32 Å². The van der Waals surface area contributed by atoms with Crippen LogP contribution in [0.4, 0.5) is 0 Å². The zero-order chi connectivity index (χ0) is 10.8. The second-order valence-corrected chi connectivity index (χ2v) is 4.13. The van der Waals surface area contributed by atoms with Crippen LogP contribution in [0.3, 0.4) is 0 Å². The first-order chi connectivity index (χ1) is 7.20. The number of rotatable bonds is 2. The van der Waals surface area contributed by atoms with Crippen LogP contribution in [0.25, 0.3) is 0 Å². The minimum Gasteiger partial charge on any atom is -0.369 e. The highest BCUT2D eigenvalue weighted by Gasteiger charge is 2.32. The lowest BCUT2D eigenvalue weighted by molar-refractivity contribution is -0.121. The van der Waals surface area contributed by atoms with Gasteiger partial charge < -0.3 is 11.1 Å². The minimum atomic E-state index is -0.201. The third-order valence-corrected chi connectivity index (χ3v) is 3.17. The van der Waals surface area contributed by atoms with E-state index in [0.717, 1.165) is 6.54 Å². The molecular weight excluding hydrogens is 188 g/mol. The van der Waals surface area contributed by atoms with Gasteiger partial charge in [0.25, 0.3) is 0 Å². The van der Waals surface area contributed by atoms with Gasteiger partial charge in [-0.2, -0.15) is 0 Å². The van der Waals surface area contributed by atoms with E-state index < -0.39 is 0 Å². The van der Waals surface area contributed by atoms with E-state index in [1.54, 1.807) is 0 Å². The Morgan fingerprint density at radius 2 is 2.13 bits per heavy atom. The first-order valence-electron chi connectivity index (χ1n) is 5.25. The van der Waals surface area contributed by atoms with Gasteiger partial charge in [0.2, 0.25) is 5.91 Å². The fraction of sp³-hybridized carbons (Fsp3) is 0.417. The maximum Gasteiger partial charge on any atom is 0.222 e. The van der Waals surface area contributed by atoms with Crippen LogP contribution >= 0.6 is 0 Å². The molecule has 0 aliphatic carbocycles. The number of nitrogens with one attached hydrogen (secondary N) is 1. The second-order valence-electron chi connectivity index (χ2n) is 4.13. The molecule has 1 fully saturated rings. The monoisotopic (exact) mass is 204 g/mol. The van der Waals surface area contributed by atoms with Crippen molar-refractivity contribution < 1.29 is 4.79 Å². The van der Waals surface area contributed by atoms with Gasteiger partial charge in [-0.3, -0.25) is 4.79 Å². The molecule has 3 N–H and O–H groups in total. The summed E-state index contributed by atoms with van der Waals surface area (Å²) in [6.45, 7) is 3.62. The van der Waals surface area contributed by atoms with E-state index >= 15 is 0 Å². The SMILES string of the molecule is Cc1ccccc1C1CNCC1C(N)=O. The predicted molar refractivity (Wildman–Crippen MR) is 59.5 cm³/mol. The quantitative estimate of drug-likeness (QED) is 0.748. The van der Waals surface area contributed by atoms with Gasteiger partial charge in [-0.05, 0) is 18.1 Å². The largest absolute Gasteiger partial charge is 0.369 e. The molecule has 80 valence electrons. The van der Waals surface area contributed by atoms with Gasteiger partial charge in [0.1, 0.15) is 0 Å². The van der Waals surface area contributed by atoms with Crippen molar-refractivity contribution in [2.24, 2.45) is 11.7 Å². The van der Waals surface area contributed by atoms with Crippen LogP contribution in [0.15, 0.2) is 24.3 Å². The number of hydrogen-bond donors (Lipinski definition) is 2. The summed E-state index contributed by atoms with van der Waals surface area (Å²) in [5.41, 5.74) is 7.87. The summed E-state index contributed by atoms with van der Waals surface area (Å²) in [6.07, 6.45) is 0. The number of carbonyl (C=O) groups excluding carboxylic acids is 1. The van der Waals surface area contributed by atoms with Gasteiger partial charge in [-0.1, -0.05) is 24.3 Å². The summed E-state index contributed by atoms with van der Waals surface area (Å²) in [6, 6.07) is 8.19. The molecule has 15 heavy (non-hydrogen) atoms. The number of benzene rings is 1. The topological polar surface area (TPSA) is 55.1 Å². The highest BCUT2D eigenvalue weighted by molar-refractivity contribution is 5.78. The molecule has 0 bridgehead atoms. The number of hydrogen-bond acceptors (Lipinski definition) is 2. The lowest BCUT2D eigenvalue weighted by Crippen LogP contribution is -2.28. The number of amides is 1. The predicted octanol–water partition coefficient (Wildman–Crippen LogP) is 0.783. The third kappa shape index (κ3) is 1.88. The van der Waals surface area contributed by atoms with Crippen molar-refractivity contribution >= 4 is 5.91 Å². The molecule has 1 saturated heterocycles. The fourth-order valence-electron chi connectivity index (χ4n) is 2.31. The molecule has 1 aromatic carbocycles. The summed E-state index contributed by atoms with van der Waals surface area (Å²) in [5.74, 6) is -0.0250. The van der Waals surface area contributed by atoms with E-state index in [4.69, 9.17) is 5.73 Å². The van der Waals surface area contributed by atoms with Crippen LogP contribution in [0.5, 0.6) is 0 Å². The molecule has 3 heteroatoms. The number of nitrogens with two attached hydrogens (primary N) is 1. The first kappa shape index (κ1) is 10.2. The molecule has 0 saturated carbocycles. The fourth-order valence-corrected chi connectivity index (χ4v) is 2.31. The van der Waals surface area contributed by atoms with Crippen molar-refractivity contribution in [3.8, 4) is 0 Å². The van der Waals surface area contributed by atoms with Crippen LogP contribution < -0.4 is 11.1 Å². The second kappa shape index (κ2) is 4.03. The van der Waals surface area contributed by atoms with Crippen LogP contribution in [0.2, 0.25) is 0 Å². The Labute approximate surface area is 89.7 Å². The molecule has 0 aromatic heterocycles. The van der Waals surface area contributed by atoms with Crippen LogP contribution in [0.1, 0.15) is 17.0 Å². The van der Waals surface area contributed by atoms with Crippen LogP contribution in [-0.2, 0) is 4.79 Å². The van der Waals surface area contributed by atoms with Gasteiger partial charge in [0, 0.05) is 19.0 Å². The summed E-state index contributed by atoms with van der Waals surface area (Å²) in [5, 5.41) is 3.23. The van der Waals surface area contributed by atoms with Crippen molar-refractivity contribution in [1.29, 1.82) is 0 Å². The van der Waals surface area contributed by atoms with Crippen molar-refractivity contribution in [3.63, 3.8) is 0 Å². The van der Waals surface area contributed by atoms with Crippen molar-refractivity contribution in [3.05, 3.63) is 35.4 Å². The summed E-state index contributed by atoms with van der Waals surface area (Å²) < 4.78 is 0. The Balaban J connectivity index is 2.30. The lowest BCUT2D eigenvalue weighted by Gasteiger charge is -2.17. The van der Waals surface area contributed by atoms with Crippen LogP contribution in [-0.4, -0.2) is 19.0 Å². The molecule has 1 aliphatic heterocycles. The van der Waals surface area contributed by atoms with E-state index in [1.165, 1.54) is 11.1 Å². The highest BCUT2D eigenvalue weighted by atomic mass is 16.1.